The van der Waals surface area contributed by atoms with Gasteiger partial charge < -0.3 is 5.32 Å². The van der Waals surface area contributed by atoms with E-state index in [2.05, 4.69) is 5.32 Å². The Morgan fingerprint density at radius 3 is 2.11 bits per heavy atom. The van der Waals surface area contributed by atoms with Crippen LogP contribution in [0.2, 0.25) is 0 Å². The second kappa shape index (κ2) is 5.17. The molecule has 0 bridgehead atoms. The number of rotatable bonds is 3. The Balaban J connectivity index is 2.06. The molecule has 0 saturated carbocycles. The van der Waals surface area contributed by atoms with Gasteiger partial charge in [-0.2, -0.15) is 0 Å². The van der Waals surface area contributed by atoms with Crippen LogP contribution in [0.25, 0.3) is 0 Å². The molecule has 0 fully saturated rings. The Labute approximate surface area is 105 Å². The highest BCUT2D eigenvalue weighted by atomic mass is 19.1. The second-order valence-electron chi connectivity index (χ2n) is 4.40. The maximum Gasteiger partial charge on any atom is 0.126 e. The van der Waals surface area contributed by atoms with Gasteiger partial charge in [-0.15, -0.1) is 0 Å². The standard InChI is InChI=1S/C15H15F2N/c1-10-7-12(3-5-14(10)16)9-18-13-4-6-15(17)11(2)8-13/h3-8,18H,9H2,1-2H3. The van der Waals surface area contributed by atoms with Gasteiger partial charge in [-0.3, -0.25) is 0 Å². The lowest BCUT2D eigenvalue weighted by Gasteiger charge is -2.08. The summed E-state index contributed by atoms with van der Waals surface area (Å²) >= 11 is 0. The minimum atomic E-state index is -0.210. The van der Waals surface area contributed by atoms with Crippen molar-refractivity contribution in [1.29, 1.82) is 0 Å². The summed E-state index contributed by atoms with van der Waals surface area (Å²) in [6.45, 7) is 4.05. The molecule has 2 rings (SSSR count). The lowest BCUT2D eigenvalue weighted by Crippen LogP contribution is -2.00. The maximum absolute atomic E-state index is 13.1. The first-order chi connectivity index (χ1) is 8.56. The second-order valence-corrected chi connectivity index (χ2v) is 4.40. The molecule has 0 aromatic heterocycles. The Hall–Kier alpha value is -1.90. The third-order valence-corrected chi connectivity index (χ3v) is 2.88. The average Bonchev–Trinajstić information content (AvgIpc) is 2.35. The lowest BCUT2D eigenvalue weighted by molar-refractivity contribution is 0.617. The number of nitrogens with one attached hydrogen (secondary N) is 1. The van der Waals surface area contributed by atoms with E-state index >= 15 is 0 Å². The van der Waals surface area contributed by atoms with Gasteiger partial charge in [-0.05, 0) is 54.8 Å². The van der Waals surface area contributed by atoms with E-state index in [1.165, 1.54) is 12.1 Å². The molecule has 1 N–H and O–H groups in total. The van der Waals surface area contributed by atoms with Crippen LogP contribution in [-0.4, -0.2) is 0 Å². The van der Waals surface area contributed by atoms with Gasteiger partial charge in [0.2, 0.25) is 0 Å². The fraction of sp³-hybridized carbons (Fsp3) is 0.200. The largest absolute Gasteiger partial charge is 0.381 e. The van der Waals surface area contributed by atoms with Crippen molar-refractivity contribution in [3.63, 3.8) is 0 Å². The van der Waals surface area contributed by atoms with Gasteiger partial charge in [0.05, 0.1) is 0 Å². The minimum absolute atomic E-state index is 0.198. The van der Waals surface area contributed by atoms with Crippen molar-refractivity contribution in [2.24, 2.45) is 0 Å². The predicted molar refractivity (Wildman–Crippen MR) is 69.6 cm³/mol. The van der Waals surface area contributed by atoms with Crippen LogP contribution >= 0.6 is 0 Å². The molecule has 0 amide bonds. The molecule has 18 heavy (non-hydrogen) atoms. The van der Waals surface area contributed by atoms with Crippen molar-refractivity contribution in [1.82, 2.24) is 0 Å². The van der Waals surface area contributed by atoms with Crippen LogP contribution in [0.1, 0.15) is 16.7 Å². The van der Waals surface area contributed by atoms with Crippen molar-refractivity contribution in [3.05, 3.63) is 64.7 Å². The Morgan fingerprint density at radius 2 is 1.50 bits per heavy atom. The molecule has 3 heteroatoms. The van der Waals surface area contributed by atoms with E-state index in [1.54, 1.807) is 38.1 Å². The molecule has 0 aliphatic rings. The zero-order valence-corrected chi connectivity index (χ0v) is 10.4. The van der Waals surface area contributed by atoms with E-state index in [-0.39, 0.29) is 11.6 Å². The number of hydrogen-bond donors (Lipinski definition) is 1. The quantitative estimate of drug-likeness (QED) is 0.857. The lowest BCUT2D eigenvalue weighted by atomic mass is 10.1. The smallest absolute Gasteiger partial charge is 0.126 e. The number of hydrogen-bond acceptors (Lipinski definition) is 1. The van der Waals surface area contributed by atoms with Crippen molar-refractivity contribution < 1.29 is 8.78 Å². The van der Waals surface area contributed by atoms with Crippen LogP contribution < -0.4 is 5.32 Å². The van der Waals surface area contributed by atoms with Crippen LogP contribution in [0.15, 0.2) is 36.4 Å². The molecular formula is C15H15F2N. The Bertz CT molecular complexity index is 513. The molecule has 0 spiro atoms. The van der Waals surface area contributed by atoms with E-state index < -0.39 is 0 Å². The molecule has 0 radical (unpaired) electrons. The number of halogens is 2. The van der Waals surface area contributed by atoms with Crippen molar-refractivity contribution in [2.75, 3.05) is 5.32 Å². The normalized spacial score (nSPS) is 10.4. The number of benzene rings is 2. The summed E-state index contributed by atoms with van der Waals surface area (Å²) in [4.78, 5) is 0. The van der Waals surface area contributed by atoms with E-state index in [0.29, 0.717) is 17.7 Å². The molecule has 0 aliphatic carbocycles. The number of aryl methyl sites for hydroxylation is 2. The molecular weight excluding hydrogens is 232 g/mol. The first-order valence-electron chi connectivity index (χ1n) is 5.81. The van der Waals surface area contributed by atoms with Crippen molar-refractivity contribution in [3.8, 4) is 0 Å². The summed E-state index contributed by atoms with van der Waals surface area (Å²) in [5.74, 6) is -0.408. The van der Waals surface area contributed by atoms with Gasteiger partial charge in [0, 0.05) is 12.2 Å². The van der Waals surface area contributed by atoms with E-state index in [4.69, 9.17) is 0 Å². The fourth-order valence-electron chi connectivity index (χ4n) is 1.78. The van der Waals surface area contributed by atoms with Crippen LogP contribution in [0.3, 0.4) is 0 Å². The first-order valence-corrected chi connectivity index (χ1v) is 5.81. The molecule has 0 atom stereocenters. The fourth-order valence-corrected chi connectivity index (χ4v) is 1.78. The molecule has 0 saturated heterocycles. The van der Waals surface area contributed by atoms with Crippen LogP contribution in [0.5, 0.6) is 0 Å². The highest BCUT2D eigenvalue weighted by Gasteiger charge is 2.01. The van der Waals surface area contributed by atoms with Gasteiger partial charge in [0.1, 0.15) is 11.6 Å². The third kappa shape index (κ3) is 2.86. The Kier molecular flexibility index (Phi) is 3.60. The van der Waals surface area contributed by atoms with E-state index in [0.717, 1.165) is 11.3 Å². The third-order valence-electron chi connectivity index (χ3n) is 2.88. The zero-order valence-electron chi connectivity index (χ0n) is 10.4. The molecule has 0 aliphatic heterocycles. The van der Waals surface area contributed by atoms with E-state index in [1.807, 2.05) is 0 Å². The van der Waals surface area contributed by atoms with Gasteiger partial charge in [0.25, 0.3) is 0 Å². The molecule has 2 aromatic carbocycles. The molecule has 2 aromatic rings. The van der Waals surface area contributed by atoms with Gasteiger partial charge in [-0.1, -0.05) is 12.1 Å². The Morgan fingerprint density at radius 1 is 0.889 bits per heavy atom. The van der Waals surface area contributed by atoms with Crippen LogP contribution in [0, 0.1) is 25.5 Å². The van der Waals surface area contributed by atoms with Gasteiger partial charge in [0.15, 0.2) is 0 Å². The van der Waals surface area contributed by atoms with E-state index in [9.17, 15) is 8.78 Å². The summed E-state index contributed by atoms with van der Waals surface area (Å²) in [6, 6.07) is 9.89. The number of anilines is 1. The van der Waals surface area contributed by atoms with Gasteiger partial charge >= 0.3 is 0 Å². The monoisotopic (exact) mass is 247 g/mol. The molecule has 0 unspecified atom stereocenters. The first kappa shape index (κ1) is 12.6. The maximum atomic E-state index is 13.1. The summed E-state index contributed by atoms with van der Waals surface area (Å²) in [5.41, 5.74) is 3.09. The zero-order chi connectivity index (χ0) is 13.1. The van der Waals surface area contributed by atoms with Crippen molar-refractivity contribution in [2.45, 2.75) is 20.4 Å². The summed E-state index contributed by atoms with van der Waals surface area (Å²) in [5, 5.41) is 3.19. The predicted octanol–water partition coefficient (Wildman–Crippen LogP) is 4.19. The highest BCUT2D eigenvalue weighted by Crippen LogP contribution is 2.15. The van der Waals surface area contributed by atoms with Crippen molar-refractivity contribution >= 4 is 5.69 Å². The molecule has 94 valence electrons. The van der Waals surface area contributed by atoms with Crippen LogP contribution in [-0.2, 0) is 6.54 Å². The highest BCUT2D eigenvalue weighted by molar-refractivity contribution is 5.46. The van der Waals surface area contributed by atoms with Gasteiger partial charge in [-0.25, -0.2) is 8.78 Å². The summed E-state index contributed by atoms with van der Waals surface area (Å²) in [6.07, 6.45) is 0. The summed E-state index contributed by atoms with van der Waals surface area (Å²) in [7, 11) is 0. The molecule has 1 nitrogen and oxygen atoms in total. The minimum Gasteiger partial charge on any atom is -0.381 e. The van der Waals surface area contributed by atoms with Crippen LogP contribution in [0.4, 0.5) is 14.5 Å². The SMILES string of the molecule is Cc1cc(CNc2ccc(F)c(C)c2)ccc1F. The molecule has 0 heterocycles. The average molecular weight is 247 g/mol. The topological polar surface area (TPSA) is 12.0 Å². The summed E-state index contributed by atoms with van der Waals surface area (Å²) < 4.78 is 26.2.